The van der Waals surface area contributed by atoms with E-state index in [0.717, 1.165) is 22.5 Å². The Labute approximate surface area is 180 Å². The largest absolute Gasteiger partial charge is 0.358 e. The lowest BCUT2D eigenvalue weighted by molar-refractivity contribution is 0.600. The standard InChI is InChI=1S/C21H21N5O2S2/c27-30(28)12-11-18(15-30)23-21(29)24-22-13-17-14-26(19-9-5-2-6-10-19)25-20(17)16-7-3-1-4-8-16/h1-10,13-14,18H,11-12,15H2,(H2,23,24,29). The molecule has 1 atom stereocenters. The van der Waals surface area contributed by atoms with Gasteiger partial charge in [-0.3, -0.25) is 5.43 Å². The number of nitrogens with zero attached hydrogens (tertiary/aromatic N) is 3. The number of thiocarbonyl (C=S) groups is 1. The van der Waals surface area contributed by atoms with Crippen LogP contribution in [0.15, 0.2) is 72.0 Å². The lowest BCUT2D eigenvalue weighted by Crippen LogP contribution is -2.40. The molecule has 3 aromatic rings. The van der Waals surface area contributed by atoms with Gasteiger partial charge in [0.05, 0.1) is 23.4 Å². The van der Waals surface area contributed by atoms with Crippen LogP contribution in [0.1, 0.15) is 12.0 Å². The van der Waals surface area contributed by atoms with Gasteiger partial charge in [0.25, 0.3) is 0 Å². The van der Waals surface area contributed by atoms with Gasteiger partial charge in [-0.2, -0.15) is 10.2 Å². The highest BCUT2D eigenvalue weighted by molar-refractivity contribution is 7.91. The van der Waals surface area contributed by atoms with Gasteiger partial charge in [0.1, 0.15) is 5.69 Å². The minimum Gasteiger partial charge on any atom is -0.358 e. The number of hydrogen-bond donors (Lipinski definition) is 2. The van der Waals surface area contributed by atoms with Crippen LogP contribution >= 0.6 is 12.2 Å². The minimum absolute atomic E-state index is 0.0978. The molecule has 1 aliphatic heterocycles. The molecular formula is C21H21N5O2S2. The fourth-order valence-electron chi connectivity index (χ4n) is 3.30. The number of benzene rings is 2. The summed E-state index contributed by atoms with van der Waals surface area (Å²) in [6, 6.07) is 19.5. The summed E-state index contributed by atoms with van der Waals surface area (Å²) < 4.78 is 25.0. The van der Waals surface area contributed by atoms with Gasteiger partial charge < -0.3 is 5.32 Å². The van der Waals surface area contributed by atoms with E-state index in [0.29, 0.717) is 11.5 Å². The number of sulfone groups is 1. The van der Waals surface area contributed by atoms with Gasteiger partial charge in [0, 0.05) is 23.4 Å². The van der Waals surface area contributed by atoms with Gasteiger partial charge in [0.15, 0.2) is 14.9 Å². The Balaban J connectivity index is 1.51. The van der Waals surface area contributed by atoms with Crippen molar-refractivity contribution in [1.82, 2.24) is 20.5 Å². The Bertz CT molecular complexity index is 1160. The van der Waals surface area contributed by atoms with Gasteiger partial charge in [-0.1, -0.05) is 48.5 Å². The zero-order chi connectivity index (χ0) is 21.0. The molecule has 0 bridgehead atoms. The second-order valence-corrected chi connectivity index (χ2v) is 9.66. The third-order valence-corrected chi connectivity index (χ3v) is 6.72. The fraction of sp³-hybridized carbons (Fsp3) is 0.190. The number of hydrazone groups is 1. The van der Waals surface area contributed by atoms with Crippen molar-refractivity contribution in [2.45, 2.75) is 12.5 Å². The molecule has 1 unspecified atom stereocenters. The molecule has 0 saturated carbocycles. The molecule has 2 heterocycles. The van der Waals surface area contributed by atoms with Gasteiger partial charge >= 0.3 is 0 Å². The second kappa shape index (κ2) is 8.76. The summed E-state index contributed by atoms with van der Waals surface area (Å²) in [7, 11) is -2.96. The van der Waals surface area contributed by atoms with Crippen molar-refractivity contribution < 1.29 is 8.42 Å². The number of aromatic nitrogens is 2. The highest BCUT2D eigenvalue weighted by Crippen LogP contribution is 2.22. The topological polar surface area (TPSA) is 88.4 Å². The molecule has 0 spiro atoms. The Morgan fingerprint density at radius 3 is 2.50 bits per heavy atom. The molecule has 0 aliphatic carbocycles. The number of nitrogens with one attached hydrogen (secondary N) is 2. The van der Waals surface area contributed by atoms with Crippen LogP contribution in [0.4, 0.5) is 0 Å². The first-order valence-corrected chi connectivity index (χ1v) is 11.7. The summed E-state index contributed by atoms with van der Waals surface area (Å²) in [6.45, 7) is 0. The van der Waals surface area contributed by atoms with Crippen LogP contribution in [0.2, 0.25) is 0 Å². The van der Waals surface area contributed by atoms with Crippen LogP contribution in [0.5, 0.6) is 0 Å². The maximum absolute atomic E-state index is 11.6. The maximum Gasteiger partial charge on any atom is 0.187 e. The zero-order valence-corrected chi connectivity index (χ0v) is 17.7. The van der Waals surface area contributed by atoms with Gasteiger partial charge in [-0.25, -0.2) is 13.1 Å². The Morgan fingerprint density at radius 1 is 1.13 bits per heavy atom. The van der Waals surface area contributed by atoms with Crippen LogP contribution < -0.4 is 10.7 Å². The SMILES string of the molecule is O=S1(=O)CCC(NC(=S)NN=Cc2cn(-c3ccccc3)nc2-c2ccccc2)C1. The normalized spacial score (nSPS) is 17.8. The molecule has 7 nitrogen and oxygen atoms in total. The van der Waals surface area contributed by atoms with Crippen molar-refractivity contribution in [3.8, 4) is 16.9 Å². The van der Waals surface area contributed by atoms with Gasteiger partial charge in [-0.05, 0) is 30.8 Å². The average molecular weight is 440 g/mol. The fourth-order valence-corrected chi connectivity index (χ4v) is 5.19. The zero-order valence-electron chi connectivity index (χ0n) is 16.1. The second-order valence-electron chi connectivity index (χ2n) is 7.02. The molecule has 4 rings (SSSR count). The third kappa shape index (κ3) is 4.92. The van der Waals surface area contributed by atoms with Gasteiger partial charge in [0.2, 0.25) is 0 Å². The molecule has 1 saturated heterocycles. The van der Waals surface area contributed by atoms with Crippen LogP contribution in [0, 0.1) is 0 Å². The smallest absolute Gasteiger partial charge is 0.187 e. The highest BCUT2D eigenvalue weighted by atomic mass is 32.2. The van der Waals surface area contributed by atoms with E-state index >= 15 is 0 Å². The van der Waals surface area contributed by atoms with E-state index in [2.05, 4.69) is 15.8 Å². The Kier molecular flexibility index (Phi) is 5.91. The molecule has 154 valence electrons. The summed E-state index contributed by atoms with van der Waals surface area (Å²) in [4.78, 5) is 0. The van der Waals surface area contributed by atoms with Crippen LogP contribution in [-0.2, 0) is 9.84 Å². The van der Waals surface area contributed by atoms with Gasteiger partial charge in [-0.15, -0.1) is 0 Å². The monoisotopic (exact) mass is 439 g/mol. The van der Waals surface area contributed by atoms with Crippen molar-refractivity contribution in [3.05, 3.63) is 72.4 Å². The van der Waals surface area contributed by atoms with E-state index < -0.39 is 9.84 Å². The lowest BCUT2D eigenvalue weighted by Gasteiger charge is -2.11. The van der Waals surface area contributed by atoms with E-state index in [-0.39, 0.29) is 17.5 Å². The van der Waals surface area contributed by atoms with E-state index in [1.165, 1.54) is 0 Å². The third-order valence-electron chi connectivity index (χ3n) is 4.75. The van der Waals surface area contributed by atoms with Crippen molar-refractivity contribution in [2.75, 3.05) is 11.5 Å². The molecule has 0 amide bonds. The number of para-hydroxylation sites is 1. The predicted octanol–water partition coefficient (Wildman–Crippen LogP) is 2.52. The summed E-state index contributed by atoms with van der Waals surface area (Å²) in [6.07, 6.45) is 4.12. The molecule has 30 heavy (non-hydrogen) atoms. The summed E-state index contributed by atoms with van der Waals surface area (Å²) >= 11 is 5.24. The number of hydrogen-bond acceptors (Lipinski definition) is 5. The average Bonchev–Trinajstić information content (AvgIpc) is 3.32. The summed E-state index contributed by atoms with van der Waals surface area (Å²) in [5.74, 6) is 0.288. The van der Waals surface area contributed by atoms with Crippen molar-refractivity contribution in [1.29, 1.82) is 0 Å². The van der Waals surface area contributed by atoms with E-state index in [4.69, 9.17) is 17.3 Å². The molecule has 0 radical (unpaired) electrons. The van der Waals surface area contributed by atoms with Crippen LogP contribution in [-0.4, -0.2) is 47.1 Å². The highest BCUT2D eigenvalue weighted by Gasteiger charge is 2.28. The Hall–Kier alpha value is -3.04. The first-order valence-electron chi connectivity index (χ1n) is 9.51. The first kappa shape index (κ1) is 20.2. The molecule has 2 aromatic carbocycles. The van der Waals surface area contributed by atoms with E-state index in [1.807, 2.05) is 71.5 Å². The van der Waals surface area contributed by atoms with Crippen molar-refractivity contribution >= 4 is 33.4 Å². The Morgan fingerprint density at radius 2 is 1.83 bits per heavy atom. The van der Waals surface area contributed by atoms with Crippen molar-refractivity contribution in [2.24, 2.45) is 5.10 Å². The predicted molar refractivity (Wildman–Crippen MR) is 123 cm³/mol. The van der Waals surface area contributed by atoms with Crippen LogP contribution in [0.25, 0.3) is 16.9 Å². The molecule has 9 heteroatoms. The molecule has 1 aliphatic rings. The van der Waals surface area contributed by atoms with Crippen LogP contribution in [0.3, 0.4) is 0 Å². The first-order chi connectivity index (χ1) is 14.5. The van der Waals surface area contributed by atoms with Crippen molar-refractivity contribution in [3.63, 3.8) is 0 Å². The molecule has 1 fully saturated rings. The summed E-state index contributed by atoms with van der Waals surface area (Å²) in [5.41, 5.74) is 6.31. The van der Waals surface area contributed by atoms with E-state index in [9.17, 15) is 8.42 Å². The summed E-state index contributed by atoms with van der Waals surface area (Å²) in [5, 5.41) is 12.3. The molecule has 1 aromatic heterocycles. The molecular weight excluding hydrogens is 418 g/mol. The maximum atomic E-state index is 11.6. The lowest BCUT2D eigenvalue weighted by atomic mass is 10.1. The number of rotatable bonds is 5. The molecule has 2 N–H and O–H groups in total. The van der Waals surface area contributed by atoms with E-state index in [1.54, 1.807) is 6.21 Å². The minimum atomic E-state index is -2.96. The quantitative estimate of drug-likeness (QED) is 0.361.